The van der Waals surface area contributed by atoms with Gasteiger partial charge in [0.2, 0.25) is 0 Å². The molecule has 30 heavy (non-hydrogen) atoms. The van der Waals surface area contributed by atoms with Crippen LogP contribution in [0.15, 0.2) is 71.9 Å². The van der Waals surface area contributed by atoms with Gasteiger partial charge in [-0.2, -0.15) is 0 Å². The summed E-state index contributed by atoms with van der Waals surface area (Å²) in [5, 5.41) is 3.76. The van der Waals surface area contributed by atoms with E-state index in [1.807, 2.05) is 48.5 Å². The monoisotopic (exact) mass is 419 g/mol. The van der Waals surface area contributed by atoms with Crippen LogP contribution >= 0.6 is 11.8 Å². The number of aromatic amines is 1. The van der Waals surface area contributed by atoms with E-state index < -0.39 is 0 Å². The topological polar surface area (TPSA) is 76.2 Å². The average molecular weight is 420 g/mol. The van der Waals surface area contributed by atoms with Gasteiger partial charge in [-0.1, -0.05) is 36.0 Å². The lowest BCUT2D eigenvalue weighted by atomic mass is 10.1. The number of rotatable bonds is 7. The molecule has 4 aromatic rings. The molecule has 6 nitrogen and oxygen atoms in total. The number of thioether (sulfide) groups is 1. The van der Waals surface area contributed by atoms with Gasteiger partial charge < -0.3 is 19.8 Å². The van der Waals surface area contributed by atoms with Crippen LogP contribution in [-0.4, -0.2) is 30.1 Å². The van der Waals surface area contributed by atoms with Crippen LogP contribution in [0.3, 0.4) is 0 Å². The number of ether oxygens (including phenoxy) is 2. The number of nitrogens with zero attached hydrogens (tertiary/aromatic N) is 1. The van der Waals surface area contributed by atoms with Gasteiger partial charge in [-0.25, -0.2) is 4.98 Å². The van der Waals surface area contributed by atoms with E-state index in [0.717, 1.165) is 27.5 Å². The van der Waals surface area contributed by atoms with E-state index in [4.69, 9.17) is 9.47 Å². The van der Waals surface area contributed by atoms with Crippen LogP contribution < -0.4 is 14.8 Å². The van der Waals surface area contributed by atoms with Gasteiger partial charge in [0.05, 0.1) is 30.9 Å². The molecule has 0 aliphatic rings. The number of H-pyrrole nitrogens is 1. The van der Waals surface area contributed by atoms with E-state index in [1.165, 1.54) is 0 Å². The van der Waals surface area contributed by atoms with Crippen LogP contribution in [0.4, 0.5) is 5.69 Å². The molecule has 4 rings (SSSR count). The van der Waals surface area contributed by atoms with Crippen LogP contribution in [0.1, 0.15) is 15.9 Å². The van der Waals surface area contributed by atoms with Crippen molar-refractivity contribution in [2.75, 3.05) is 19.5 Å². The van der Waals surface area contributed by atoms with Gasteiger partial charge in [-0.3, -0.25) is 4.79 Å². The Morgan fingerprint density at radius 1 is 1.03 bits per heavy atom. The molecule has 152 valence electrons. The molecule has 7 heteroatoms. The third-order valence-corrected chi connectivity index (χ3v) is 5.56. The van der Waals surface area contributed by atoms with Gasteiger partial charge in [-0.05, 0) is 42.0 Å². The minimum atomic E-state index is -0.199. The van der Waals surface area contributed by atoms with Gasteiger partial charge >= 0.3 is 0 Å². The van der Waals surface area contributed by atoms with Gasteiger partial charge in [0.1, 0.15) is 11.5 Å². The third-order valence-electron chi connectivity index (χ3n) is 4.62. The van der Waals surface area contributed by atoms with Crippen molar-refractivity contribution < 1.29 is 14.3 Å². The summed E-state index contributed by atoms with van der Waals surface area (Å²) in [5.74, 6) is 1.77. The maximum atomic E-state index is 12.6. The van der Waals surface area contributed by atoms with E-state index in [1.54, 1.807) is 44.2 Å². The van der Waals surface area contributed by atoms with Gasteiger partial charge in [0.15, 0.2) is 5.16 Å². The molecule has 0 aliphatic carbocycles. The Morgan fingerprint density at radius 2 is 1.83 bits per heavy atom. The fourth-order valence-corrected chi connectivity index (χ4v) is 3.84. The smallest absolute Gasteiger partial charge is 0.255 e. The average Bonchev–Trinajstić information content (AvgIpc) is 3.21. The van der Waals surface area contributed by atoms with Gasteiger partial charge in [0.25, 0.3) is 5.91 Å². The molecule has 0 aliphatic heterocycles. The van der Waals surface area contributed by atoms with Crippen LogP contribution in [-0.2, 0) is 5.75 Å². The second-order valence-corrected chi connectivity index (χ2v) is 7.53. The molecule has 0 spiro atoms. The second kappa shape index (κ2) is 8.92. The fraction of sp³-hybridized carbons (Fsp3) is 0.130. The number of methoxy groups -OCH3 is 2. The number of amides is 1. The highest BCUT2D eigenvalue weighted by Crippen LogP contribution is 2.29. The van der Waals surface area contributed by atoms with Crippen LogP contribution in [0.2, 0.25) is 0 Å². The van der Waals surface area contributed by atoms with Gasteiger partial charge in [0, 0.05) is 17.4 Å². The molecule has 0 bridgehead atoms. The fourth-order valence-electron chi connectivity index (χ4n) is 3.00. The Labute approximate surface area is 178 Å². The minimum absolute atomic E-state index is 0.199. The highest BCUT2D eigenvalue weighted by molar-refractivity contribution is 7.98. The first-order valence-electron chi connectivity index (χ1n) is 9.36. The van der Waals surface area contributed by atoms with Crippen molar-refractivity contribution >= 4 is 34.4 Å². The second-order valence-electron chi connectivity index (χ2n) is 6.57. The summed E-state index contributed by atoms with van der Waals surface area (Å²) in [6.07, 6.45) is 0. The van der Waals surface area contributed by atoms with Gasteiger partial charge in [-0.15, -0.1) is 0 Å². The standard InChI is InChI=1S/C23H21N3O3S/c1-28-17-11-12-20(21(13-17)29-2)24-22(27)16-9-7-15(8-10-16)14-30-23-25-18-5-3-4-6-19(18)26-23/h3-13H,14H2,1-2H3,(H,24,27)(H,25,26). The Hall–Kier alpha value is -3.45. The predicted octanol–water partition coefficient (Wildman–Crippen LogP) is 5.12. The number of aromatic nitrogens is 2. The van der Waals surface area contributed by atoms with E-state index in [0.29, 0.717) is 22.7 Å². The maximum absolute atomic E-state index is 12.6. The lowest BCUT2D eigenvalue weighted by molar-refractivity contribution is 0.102. The summed E-state index contributed by atoms with van der Waals surface area (Å²) in [5.41, 5.74) is 4.26. The Morgan fingerprint density at radius 3 is 2.57 bits per heavy atom. The Bertz CT molecular complexity index is 1140. The number of carbonyl (C=O) groups is 1. The lowest BCUT2D eigenvalue weighted by Gasteiger charge is -2.12. The first-order valence-corrected chi connectivity index (χ1v) is 10.3. The first-order chi connectivity index (χ1) is 14.7. The first kappa shape index (κ1) is 19.8. The number of imidazole rings is 1. The molecule has 1 heterocycles. The largest absolute Gasteiger partial charge is 0.497 e. The van der Waals surface area contributed by atoms with Crippen molar-refractivity contribution in [3.63, 3.8) is 0 Å². The van der Waals surface area contributed by atoms with Crippen molar-refractivity contribution in [1.29, 1.82) is 0 Å². The molecule has 0 saturated heterocycles. The van der Waals surface area contributed by atoms with Crippen molar-refractivity contribution in [2.45, 2.75) is 10.9 Å². The molecule has 0 unspecified atom stereocenters. The lowest BCUT2D eigenvalue weighted by Crippen LogP contribution is -2.12. The van der Waals surface area contributed by atoms with Crippen molar-refractivity contribution in [3.8, 4) is 11.5 Å². The molecule has 0 radical (unpaired) electrons. The van der Waals surface area contributed by atoms with Crippen LogP contribution in [0.25, 0.3) is 11.0 Å². The number of para-hydroxylation sites is 2. The number of nitrogens with one attached hydrogen (secondary N) is 2. The number of benzene rings is 3. The molecule has 0 atom stereocenters. The number of hydrogen-bond donors (Lipinski definition) is 2. The molecule has 3 aromatic carbocycles. The maximum Gasteiger partial charge on any atom is 0.255 e. The van der Waals surface area contributed by atoms with E-state index >= 15 is 0 Å². The highest BCUT2D eigenvalue weighted by Gasteiger charge is 2.11. The summed E-state index contributed by atoms with van der Waals surface area (Å²) in [6, 6.07) is 20.8. The number of anilines is 1. The minimum Gasteiger partial charge on any atom is -0.497 e. The summed E-state index contributed by atoms with van der Waals surface area (Å²) >= 11 is 1.63. The summed E-state index contributed by atoms with van der Waals surface area (Å²) in [4.78, 5) is 20.5. The third kappa shape index (κ3) is 4.41. The number of hydrogen-bond acceptors (Lipinski definition) is 5. The molecule has 0 fully saturated rings. The summed E-state index contributed by atoms with van der Waals surface area (Å²) < 4.78 is 10.5. The SMILES string of the molecule is COc1ccc(NC(=O)c2ccc(CSc3nc4ccccc4[nH]3)cc2)c(OC)c1. The van der Waals surface area contributed by atoms with Crippen LogP contribution in [0, 0.1) is 0 Å². The molecule has 0 saturated carbocycles. The van der Waals surface area contributed by atoms with E-state index in [-0.39, 0.29) is 5.91 Å². The summed E-state index contributed by atoms with van der Waals surface area (Å²) in [7, 11) is 3.14. The van der Waals surface area contributed by atoms with Crippen molar-refractivity contribution in [1.82, 2.24) is 9.97 Å². The predicted molar refractivity (Wildman–Crippen MR) is 120 cm³/mol. The van der Waals surface area contributed by atoms with E-state index in [2.05, 4.69) is 15.3 Å². The molecule has 1 aromatic heterocycles. The molecular formula is C23H21N3O3S. The molecule has 2 N–H and O–H groups in total. The van der Waals surface area contributed by atoms with Crippen molar-refractivity contribution in [3.05, 3.63) is 77.9 Å². The zero-order chi connectivity index (χ0) is 20.9. The Kier molecular flexibility index (Phi) is 5.90. The number of carbonyl (C=O) groups excluding carboxylic acids is 1. The van der Waals surface area contributed by atoms with Crippen LogP contribution in [0.5, 0.6) is 11.5 Å². The highest BCUT2D eigenvalue weighted by atomic mass is 32.2. The molecular weight excluding hydrogens is 398 g/mol. The molecule has 1 amide bonds. The number of fused-ring (bicyclic) bond motifs is 1. The zero-order valence-corrected chi connectivity index (χ0v) is 17.5. The zero-order valence-electron chi connectivity index (χ0n) is 16.6. The Balaban J connectivity index is 1.39. The normalized spacial score (nSPS) is 10.7. The van der Waals surface area contributed by atoms with E-state index in [9.17, 15) is 4.79 Å². The van der Waals surface area contributed by atoms with Crippen molar-refractivity contribution in [2.24, 2.45) is 0 Å². The summed E-state index contributed by atoms with van der Waals surface area (Å²) in [6.45, 7) is 0. The quantitative estimate of drug-likeness (QED) is 0.407.